The zero-order valence-electron chi connectivity index (χ0n) is 12.6. The van der Waals surface area contributed by atoms with Crippen LogP contribution >= 0.6 is 0 Å². The lowest BCUT2D eigenvalue weighted by Gasteiger charge is -2.15. The van der Waals surface area contributed by atoms with Gasteiger partial charge in [0.25, 0.3) is 5.91 Å². The molecule has 3 rings (SSSR count). The van der Waals surface area contributed by atoms with Crippen LogP contribution in [0.3, 0.4) is 0 Å². The Morgan fingerprint density at radius 2 is 2.09 bits per heavy atom. The van der Waals surface area contributed by atoms with Crippen LogP contribution in [0.1, 0.15) is 6.92 Å². The van der Waals surface area contributed by atoms with Crippen molar-refractivity contribution >= 4 is 22.4 Å². The number of amides is 1. The topological polar surface area (TPSA) is 71.5 Å². The number of fused-ring (bicyclic) bond motifs is 1. The van der Waals surface area contributed by atoms with Crippen molar-refractivity contribution in [1.82, 2.24) is 4.98 Å². The molecule has 0 saturated carbocycles. The number of anilines is 1. The first kappa shape index (κ1) is 14.8. The number of phenols is 1. The van der Waals surface area contributed by atoms with Gasteiger partial charge in [-0.2, -0.15) is 0 Å². The predicted octanol–water partition coefficient (Wildman–Crippen LogP) is 3.35. The first-order valence-corrected chi connectivity index (χ1v) is 7.23. The lowest BCUT2D eigenvalue weighted by Crippen LogP contribution is -2.30. The maximum absolute atomic E-state index is 12.3. The first-order valence-electron chi connectivity index (χ1n) is 7.23. The molecule has 0 radical (unpaired) electrons. The summed E-state index contributed by atoms with van der Waals surface area (Å²) in [6.07, 6.45) is 2.52. The fourth-order valence-corrected chi connectivity index (χ4v) is 2.28. The second-order valence-corrected chi connectivity index (χ2v) is 5.15. The van der Waals surface area contributed by atoms with Gasteiger partial charge in [0.2, 0.25) is 0 Å². The first-order chi connectivity index (χ1) is 11.1. The Labute approximate surface area is 133 Å². The number of hydrogen-bond donors (Lipinski definition) is 2. The highest BCUT2D eigenvalue weighted by atomic mass is 16.5. The molecular formula is C18H16N2O3. The van der Waals surface area contributed by atoms with Crippen LogP contribution in [0.2, 0.25) is 0 Å². The van der Waals surface area contributed by atoms with Crippen molar-refractivity contribution in [2.45, 2.75) is 13.0 Å². The third-order valence-corrected chi connectivity index (χ3v) is 3.44. The van der Waals surface area contributed by atoms with E-state index < -0.39 is 6.10 Å². The summed E-state index contributed by atoms with van der Waals surface area (Å²) in [5.74, 6) is 0.411. The molecule has 0 aliphatic rings. The van der Waals surface area contributed by atoms with Crippen molar-refractivity contribution < 1.29 is 14.6 Å². The van der Waals surface area contributed by atoms with Gasteiger partial charge in [0, 0.05) is 17.3 Å². The molecule has 0 unspecified atom stereocenters. The number of carbonyl (C=O) groups excluding carboxylic acids is 1. The Balaban J connectivity index is 1.79. The molecule has 0 bridgehead atoms. The summed E-state index contributed by atoms with van der Waals surface area (Å²) in [6.45, 7) is 1.67. The fourth-order valence-electron chi connectivity index (χ4n) is 2.28. The van der Waals surface area contributed by atoms with Crippen molar-refractivity contribution in [3.05, 3.63) is 60.9 Å². The van der Waals surface area contributed by atoms with E-state index in [-0.39, 0.29) is 11.7 Å². The van der Waals surface area contributed by atoms with Crippen LogP contribution < -0.4 is 10.1 Å². The van der Waals surface area contributed by atoms with E-state index in [1.807, 2.05) is 12.1 Å². The fraction of sp³-hybridized carbons (Fsp3) is 0.111. The molecule has 0 fully saturated rings. The third kappa shape index (κ3) is 3.40. The van der Waals surface area contributed by atoms with Gasteiger partial charge in [0.15, 0.2) is 6.10 Å². The minimum Gasteiger partial charge on any atom is -0.508 e. The number of benzene rings is 2. The second kappa shape index (κ2) is 6.36. The summed E-state index contributed by atoms with van der Waals surface area (Å²) in [6, 6.07) is 14.1. The number of aromatic hydroxyl groups is 1. The molecule has 23 heavy (non-hydrogen) atoms. The molecule has 3 aromatic rings. The van der Waals surface area contributed by atoms with E-state index in [0.717, 1.165) is 10.8 Å². The van der Waals surface area contributed by atoms with Gasteiger partial charge in [-0.05, 0) is 42.6 Å². The van der Waals surface area contributed by atoms with E-state index in [4.69, 9.17) is 4.74 Å². The SMILES string of the molecule is C[C@H](Oc1cccnc1)C(=O)Nc1cccc2ccc(O)cc12. The number of nitrogens with zero attached hydrogens (tertiary/aromatic N) is 1. The number of ether oxygens (including phenoxy) is 1. The lowest BCUT2D eigenvalue weighted by molar-refractivity contribution is -0.122. The van der Waals surface area contributed by atoms with Crippen LogP contribution in [0.4, 0.5) is 5.69 Å². The standard InChI is InChI=1S/C18H16N2O3/c1-12(23-15-5-3-9-19-11-15)18(22)20-17-6-2-4-13-7-8-14(21)10-16(13)17/h2-12,21H,1H3,(H,20,22)/t12-/m0/s1. The predicted molar refractivity (Wildman–Crippen MR) is 88.6 cm³/mol. The smallest absolute Gasteiger partial charge is 0.265 e. The van der Waals surface area contributed by atoms with Crippen LogP contribution in [-0.4, -0.2) is 22.1 Å². The van der Waals surface area contributed by atoms with Crippen molar-refractivity contribution in [3.8, 4) is 11.5 Å². The van der Waals surface area contributed by atoms with Crippen molar-refractivity contribution in [2.24, 2.45) is 0 Å². The van der Waals surface area contributed by atoms with Gasteiger partial charge in [-0.15, -0.1) is 0 Å². The summed E-state index contributed by atoms with van der Waals surface area (Å²) in [7, 11) is 0. The van der Waals surface area contributed by atoms with Crippen molar-refractivity contribution in [1.29, 1.82) is 0 Å². The van der Waals surface area contributed by atoms with Gasteiger partial charge in [-0.1, -0.05) is 18.2 Å². The number of aromatic nitrogens is 1. The Bertz CT molecular complexity index is 834. The zero-order valence-corrected chi connectivity index (χ0v) is 12.6. The van der Waals surface area contributed by atoms with Crippen LogP contribution in [-0.2, 0) is 4.79 Å². The molecule has 5 heteroatoms. The van der Waals surface area contributed by atoms with Gasteiger partial charge in [0.1, 0.15) is 11.5 Å². The number of hydrogen-bond acceptors (Lipinski definition) is 4. The van der Waals surface area contributed by atoms with Gasteiger partial charge in [-0.3, -0.25) is 9.78 Å². The van der Waals surface area contributed by atoms with Crippen molar-refractivity contribution in [3.63, 3.8) is 0 Å². The van der Waals surface area contributed by atoms with Gasteiger partial charge in [-0.25, -0.2) is 0 Å². The van der Waals surface area contributed by atoms with Gasteiger partial charge >= 0.3 is 0 Å². The van der Waals surface area contributed by atoms with Gasteiger partial charge in [0.05, 0.1) is 6.20 Å². The molecule has 0 aliphatic heterocycles. The largest absolute Gasteiger partial charge is 0.508 e. The molecule has 0 aliphatic carbocycles. The molecule has 5 nitrogen and oxygen atoms in total. The number of carbonyl (C=O) groups is 1. The maximum Gasteiger partial charge on any atom is 0.265 e. The molecular weight excluding hydrogens is 292 g/mol. The molecule has 1 atom stereocenters. The minimum atomic E-state index is -0.674. The molecule has 2 N–H and O–H groups in total. The van der Waals surface area contributed by atoms with Gasteiger partial charge < -0.3 is 15.2 Å². The third-order valence-electron chi connectivity index (χ3n) is 3.44. The summed E-state index contributed by atoms with van der Waals surface area (Å²) in [4.78, 5) is 16.3. The Morgan fingerprint density at radius 1 is 1.22 bits per heavy atom. The van der Waals surface area contributed by atoms with E-state index in [2.05, 4.69) is 10.3 Å². The molecule has 1 aromatic heterocycles. The van der Waals surface area contributed by atoms with E-state index in [1.54, 1.807) is 55.7 Å². The summed E-state index contributed by atoms with van der Waals surface area (Å²) >= 11 is 0. The zero-order chi connectivity index (χ0) is 16.2. The Morgan fingerprint density at radius 3 is 2.87 bits per heavy atom. The van der Waals surface area contributed by atoms with E-state index in [9.17, 15) is 9.90 Å². The highest BCUT2D eigenvalue weighted by Crippen LogP contribution is 2.27. The number of phenolic OH excluding ortho intramolecular Hbond substituents is 1. The monoisotopic (exact) mass is 308 g/mol. The summed E-state index contributed by atoms with van der Waals surface area (Å²) in [5, 5.41) is 14.2. The number of pyridine rings is 1. The summed E-state index contributed by atoms with van der Waals surface area (Å²) in [5.41, 5.74) is 0.630. The Hall–Kier alpha value is -3.08. The number of rotatable bonds is 4. The second-order valence-electron chi connectivity index (χ2n) is 5.15. The highest BCUT2D eigenvalue weighted by Gasteiger charge is 2.16. The van der Waals surface area contributed by atoms with E-state index >= 15 is 0 Å². The van der Waals surface area contributed by atoms with E-state index in [1.165, 1.54) is 0 Å². The number of nitrogens with one attached hydrogen (secondary N) is 1. The average Bonchev–Trinajstić information content (AvgIpc) is 2.56. The van der Waals surface area contributed by atoms with Crippen LogP contribution in [0.15, 0.2) is 60.9 Å². The minimum absolute atomic E-state index is 0.152. The highest BCUT2D eigenvalue weighted by molar-refractivity contribution is 6.03. The molecule has 116 valence electrons. The summed E-state index contributed by atoms with van der Waals surface area (Å²) < 4.78 is 5.56. The average molecular weight is 308 g/mol. The normalized spacial score (nSPS) is 11.9. The van der Waals surface area contributed by atoms with Crippen LogP contribution in [0.25, 0.3) is 10.8 Å². The molecule has 0 spiro atoms. The molecule has 2 aromatic carbocycles. The van der Waals surface area contributed by atoms with Crippen molar-refractivity contribution in [2.75, 3.05) is 5.32 Å². The molecule has 1 heterocycles. The molecule has 1 amide bonds. The van der Waals surface area contributed by atoms with E-state index in [0.29, 0.717) is 11.4 Å². The van der Waals surface area contributed by atoms with Crippen LogP contribution in [0, 0.1) is 0 Å². The maximum atomic E-state index is 12.3. The van der Waals surface area contributed by atoms with Crippen LogP contribution in [0.5, 0.6) is 11.5 Å². The lowest BCUT2D eigenvalue weighted by atomic mass is 10.1. The quantitative estimate of drug-likeness (QED) is 0.775. The Kier molecular flexibility index (Phi) is 4.10. The molecule has 0 saturated heterocycles.